The first kappa shape index (κ1) is 59.4. The molecule has 0 spiro atoms. The lowest BCUT2D eigenvalue weighted by atomic mass is 10.1. The van der Waals surface area contributed by atoms with Crippen molar-refractivity contribution in [1.82, 2.24) is 0 Å². The molecule has 0 amide bonds. The van der Waals surface area contributed by atoms with Gasteiger partial charge in [-0.15, -0.1) is 0 Å². The van der Waals surface area contributed by atoms with Crippen LogP contribution >= 0.6 is 7.82 Å². The second-order valence-corrected chi connectivity index (χ2v) is 17.7. The summed E-state index contributed by atoms with van der Waals surface area (Å²) < 4.78 is 39.1. The van der Waals surface area contributed by atoms with E-state index in [1.807, 2.05) is 12.2 Å². The number of hydrogen-bond acceptors (Lipinski definition) is 10. The lowest BCUT2D eigenvalue weighted by Crippen LogP contribution is -2.30. The summed E-state index contributed by atoms with van der Waals surface area (Å²) in [5, 5.41) is 9.74. The van der Waals surface area contributed by atoms with Gasteiger partial charge >= 0.3 is 25.7 Å². The van der Waals surface area contributed by atoms with Crippen LogP contribution in [0.5, 0.6) is 0 Å². The zero-order valence-electron chi connectivity index (χ0n) is 39.3. The molecule has 0 saturated carbocycles. The van der Waals surface area contributed by atoms with Gasteiger partial charge in [-0.2, -0.15) is 0 Å². The van der Waals surface area contributed by atoms with E-state index in [0.717, 1.165) is 64.2 Å². The number of aliphatic hydroxyl groups is 1. The number of phosphoric ester groups is 1. The third-order valence-electron chi connectivity index (χ3n) is 10.3. The average molecular weight is 897 g/mol. The highest BCUT2D eigenvalue weighted by molar-refractivity contribution is 7.47. The third kappa shape index (κ3) is 42.7. The maximum atomic E-state index is 12.8. The van der Waals surface area contributed by atoms with Gasteiger partial charge in [-0.25, -0.2) is 4.57 Å². The second-order valence-electron chi connectivity index (χ2n) is 16.3. The Hall–Kier alpha value is -2.56. The molecule has 0 fully saturated rings. The van der Waals surface area contributed by atoms with Crippen LogP contribution in [0.4, 0.5) is 0 Å². The van der Waals surface area contributed by atoms with Gasteiger partial charge in [-0.3, -0.25) is 23.4 Å². The highest BCUT2D eigenvalue weighted by Gasteiger charge is 2.28. The molecule has 0 heterocycles. The molecular weight excluding hydrogens is 808 g/mol. The van der Waals surface area contributed by atoms with Crippen molar-refractivity contribution in [2.45, 2.75) is 226 Å². The van der Waals surface area contributed by atoms with Gasteiger partial charge < -0.3 is 24.2 Å². The van der Waals surface area contributed by atoms with Crippen LogP contribution in [0.1, 0.15) is 213 Å². The molecule has 360 valence electrons. The maximum absolute atomic E-state index is 12.8. The minimum Gasteiger partial charge on any atom is -0.462 e. The first-order chi connectivity index (χ1) is 30.2. The molecule has 0 radical (unpaired) electrons. The highest BCUT2D eigenvalue weighted by atomic mass is 31.2. The van der Waals surface area contributed by atoms with Crippen LogP contribution in [0.3, 0.4) is 0 Å². The van der Waals surface area contributed by atoms with Crippen molar-refractivity contribution in [3.8, 4) is 0 Å². The number of ether oxygens (including phenoxy) is 3. The Bertz CT molecular complexity index is 1230. The zero-order chi connectivity index (χ0) is 45.6. The Morgan fingerprint density at radius 3 is 1.26 bits per heavy atom. The van der Waals surface area contributed by atoms with Crippen LogP contribution in [0.25, 0.3) is 0 Å². The predicted octanol–water partition coefficient (Wildman–Crippen LogP) is 13.5. The van der Waals surface area contributed by atoms with Gasteiger partial charge in [-0.1, -0.05) is 198 Å². The summed E-state index contributed by atoms with van der Waals surface area (Å²) in [4.78, 5) is 48.1. The fourth-order valence-corrected chi connectivity index (χ4v) is 7.33. The zero-order valence-corrected chi connectivity index (χ0v) is 40.2. The van der Waals surface area contributed by atoms with E-state index in [1.165, 1.54) is 89.9 Å². The van der Waals surface area contributed by atoms with Gasteiger partial charge in [0.1, 0.15) is 12.7 Å². The van der Waals surface area contributed by atoms with E-state index < -0.39 is 57.8 Å². The van der Waals surface area contributed by atoms with Crippen LogP contribution in [0.2, 0.25) is 0 Å². The van der Waals surface area contributed by atoms with Crippen LogP contribution in [0.15, 0.2) is 48.6 Å². The van der Waals surface area contributed by atoms with E-state index in [4.69, 9.17) is 23.3 Å². The van der Waals surface area contributed by atoms with Gasteiger partial charge in [0.15, 0.2) is 6.10 Å². The Morgan fingerprint density at radius 1 is 0.468 bits per heavy atom. The number of allylic oxidation sites excluding steroid dienone is 8. The smallest absolute Gasteiger partial charge is 0.462 e. The van der Waals surface area contributed by atoms with Crippen molar-refractivity contribution < 1.29 is 52.2 Å². The van der Waals surface area contributed by atoms with Crippen molar-refractivity contribution >= 4 is 25.7 Å². The second kappa shape index (κ2) is 45.0. The number of phosphoric acid groups is 1. The van der Waals surface area contributed by atoms with Crippen molar-refractivity contribution in [2.75, 3.05) is 26.4 Å². The summed E-state index contributed by atoms with van der Waals surface area (Å²) in [6, 6.07) is 0. The normalized spacial score (nSPS) is 14.0. The fourth-order valence-electron chi connectivity index (χ4n) is 6.55. The highest BCUT2D eigenvalue weighted by Crippen LogP contribution is 2.43. The number of hydrogen-bond donors (Lipinski definition) is 2. The molecule has 0 bridgehead atoms. The van der Waals surface area contributed by atoms with E-state index in [0.29, 0.717) is 19.3 Å². The number of carbonyl (C=O) groups is 3. The quantitative estimate of drug-likeness (QED) is 0.0197. The SMILES string of the molecule is CC/C=C\C/C=C\C/C=C\C/C=C\CCC(=O)OCC(COP(=O)(O)OCC(CO)OC(=O)CCCCCCCCCCCCC)OC(=O)CCCCCCCCCCCCC. The molecule has 3 unspecified atom stereocenters. The molecule has 12 heteroatoms. The molecule has 3 atom stereocenters. The van der Waals surface area contributed by atoms with Crippen molar-refractivity contribution in [1.29, 1.82) is 0 Å². The number of rotatable bonds is 45. The molecule has 0 aliphatic heterocycles. The Labute approximate surface area is 377 Å². The first-order valence-electron chi connectivity index (χ1n) is 24.5. The summed E-state index contributed by atoms with van der Waals surface area (Å²) in [5.41, 5.74) is 0. The molecular formula is C50H89O11P. The minimum atomic E-state index is -4.74. The summed E-state index contributed by atoms with van der Waals surface area (Å²) in [6.07, 6.45) is 43.9. The Balaban J connectivity index is 4.81. The standard InChI is InChI=1S/C50H89O11P/c1-4-7-10-13-16-19-22-23-26-27-30-33-36-39-48(52)57-43-47(61-50(54)41-38-35-32-29-25-21-18-15-12-9-6-3)45-59-62(55,56)58-44-46(42-51)60-49(53)40-37-34-31-28-24-20-17-14-11-8-5-2/h7,10,16,19,23,26,30,33,46-47,51H,4-6,8-9,11-15,17-18,20-22,24-25,27-29,31-32,34-45H2,1-3H3,(H,55,56)/b10-7-,19-16-,26-23-,33-30-. The summed E-state index contributed by atoms with van der Waals surface area (Å²) in [7, 11) is -4.74. The van der Waals surface area contributed by atoms with E-state index >= 15 is 0 Å². The lowest BCUT2D eigenvalue weighted by Gasteiger charge is -2.21. The van der Waals surface area contributed by atoms with Crippen LogP contribution in [-0.4, -0.2) is 66.5 Å². The van der Waals surface area contributed by atoms with Gasteiger partial charge in [0.25, 0.3) is 0 Å². The van der Waals surface area contributed by atoms with Crippen molar-refractivity contribution in [2.24, 2.45) is 0 Å². The van der Waals surface area contributed by atoms with Crippen LogP contribution in [-0.2, 0) is 42.2 Å². The van der Waals surface area contributed by atoms with Crippen LogP contribution in [0, 0.1) is 0 Å². The van der Waals surface area contributed by atoms with E-state index in [9.17, 15) is 28.9 Å². The lowest BCUT2D eigenvalue weighted by molar-refractivity contribution is -0.161. The van der Waals surface area contributed by atoms with Gasteiger partial charge in [0, 0.05) is 19.3 Å². The van der Waals surface area contributed by atoms with Gasteiger partial charge in [-0.05, 0) is 44.9 Å². The minimum absolute atomic E-state index is 0.108. The molecule has 11 nitrogen and oxygen atoms in total. The largest absolute Gasteiger partial charge is 0.472 e. The first-order valence-corrected chi connectivity index (χ1v) is 26.0. The molecule has 0 aromatic rings. The third-order valence-corrected chi connectivity index (χ3v) is 11.2. The van der Waals surface area contributed by atoms with E-state index in [2.05, 4.69) is 57.2 Å². The molecule has 0 rings (SSSR count). The number of aliphatic hydroxyl groups excluding tert-OH is 1. The Morgan fingerprint density at radius 2 is 0.839 bits per heavy atom. The fraction of sp³-hybridized carbons (Fsp3) is 0.780. The van der Waals surface area contributed by atoms with Crippen molar-refractivity contribution in [3.63, 3.8) is 0 Å². The van der Waals surface area contributed by atoms with E-state index in [1.54, 1.807) is 0 Å². The molecule has 0 saturated heterocycles. The predicted molar refractivity (Wildman–Crippen MR) is 252 cm³/mol. The average Bonchev–Trinajstić information content (AvgIpc) is 3.25. The maximum Gasteiger partial charge on any atom is 0.472 e. The Kier molecular flexibility index (Phi) is 43.2. The van der Waals surface area contributed by atoms with Gasteiger partial charge in [0.05, 0.1) is 19.8 Å². The molecule has 0 aliphatic rings. The molecule has 0 aromatic carbocycles. The molecule has 0 aliphatic carbocycles. The summed E-state index contributed by atoms with van der Waals surface area (Å²) in [5.74, 6) is -1.56. The summed E-state index contributed by atoms with van der Waals surface area (Å²) in [6.45, 7) is 4.41. The molecule has 0 aromatic heterocycles. The molecule has 62 heavy (non-hydrogen) atoms. The molecule has 2 N–H and O–H groups in total. The number of unbranched alkanes of at least 4 members (excludes halogenated alkanes) is 20. The number of esters is 3. The van der Waals surface area contributed by atoms with E-state index in [-0.39, 0.29) is 25.9 Å². The topological polar surface area (TPSA) is 155 Å². The number of carbonyl (C=O) groups excluding carboxylic acids is 3. The van der Waals surface area contributed by atoms with Crippen LogP contribution < -0.4 is 0 Å². The van der Waals surface area contributed by atoms with Crippen molar-refractivity contribution in [3.05, 3.63) is 48.6 Å². The monoisotopic (exact) mass is 897 g/mol. The van der Waals surface area contributed by atoms with Gasteiger partial charge in [0.2, 0.25) is 0 Å². The summed E-state index contributed by atoms with van der Waals surface area (Å²) >= 11 is 0.